The minimum absolute atomic E-state index is 0.0652. The molecule has 0 saturated carbocycles. The summed E-state index contributed by atoms with van der Waals surface area (Å²) in [6, 6.07) is 17.0. The van der Waals surface area contributed by atoms with Gasteiger partial charge in [-0.1, -0.05) is 0 Å². The Balaban J connectivity index is 1.18. The molecule has 55 heavy (non-hydrogen) atoms. The van der Waals surface area contributed by atoms with Crippen LogP contribution in [0.4, 0.5) is 5.82 Å². The number of pyridine rings is 2. The van der Waals surface area contributed by atoms with E-state index in [0.717, 1.165) is 44.8 Å². The summed E-state index contributed by atoms with van der Waals surface area (Å²) in [7, 11) is 1.56. The number of anilines is 1. The van der Waals surface area contributed by atoms with E-state index in [0.29, 0.717) is 72.7 Å². The molecule has 2 amide bonds. The summed E-state index contributed by atoms with van der Waals surface area (Å²) in [6.07, 6.45) is 6.07. The molecule has 2 aromatic heterocycles. The third-order valence-electron chi connectivity index (χ3n) is 11.3. The molecule has 2 saturated heterocycles. The van der Waals surface area contributed by atoms with E-state index >= 15 is 0 Å². The number of carboxylic acid groups (broad SMARTS) is 1. The Kier molecular flexibility index (Phi) is 11.3. The number of ether oxygens (including phenoxy) is 2. The number of benzene rings is 2. The van der Waals surface area contributed by atoms with Gasteiger partial charge in [0.25, 0.3) is 0 Å². The molecule has 12 nitrogen and oxygen atoms in total. The zero-order valence-corrected chi connectivity index (χ0v) is 35.1. The first-order chi connectivity index (χ1) is 26.7. The topological polar surface area (TPSA) is 155 Å². The van der Waals surface area contributed by atoms with Crippen molar-refractivity contribution in [3.63, 3.8) is 0 Å². The number of rotatable bonds is 10. The number of likely N-dealkylation sites (tertiary alicyclic amines) is 1. The second-order valence-corrected chi connectivity index (χ2v) is 23.9. The molecule has 4 aromatic rings. The molecule has 4 N–H and O–H groups in total. The zero-order valence-electron chi connectivity index (χ0n) is 30.3. The number of aromatic nitrogens is 2. The van der Waals surface area contributed by atoms with Gasteiger partial charge >= 0.3 is 334 Å². The number of carboxylic acids is 1. The van der Waals surface area contributed by atoms with Crippen molar-refractivity contribution in [3.8, 4) is 11.8 Å². The van der Waals surface area contributed by atoms with Crippen molar-refractivity contribution in [2.75, 3.05) is 32.1 Å². The molecule has 15 heteroatoms. The van der Waals surface area contributed by atoms with Gasteiger partial charge in [-0.2, -0.15) is 0 Å². The van der Waals surface area contributed by atoms with Gasteiger partial charge in [0.1, 0.15) is 0 Å². The number of hydrogen-bond acceptors (Lipinski definition) is 9. The quantitative estimate of drug-likeness (QED) is 0.184. The number of halogens is 2. The first-order valence-corrected chi connectivity index (χ1v) is 24.7. The van der Waals surface area contributed by atoms with Gasteiger partial charge in [-0.25, -0.2) is 0 Å². The van der Waals surface area contributed by atoms with Crippen LogP contribution < -0.4 is 32.1 Å². The molecule has 5 aliphatic heterocycles. The van der Waals surface area contributed by atoms with E-state index in [9.17, 15) is 19.5 Å². The second kappa shape index (κ2) is 16.3. The maximum atomic E-state index is 13.7. The number of nitrogens with zero attached hydrogens (tertiary/aromatic N) is 3. The van der Waals surface area contributed by atoms with Gasteiger partial charge in [-0.3, -0.25) is 4.79 Å². The summed E-state index contributed by atoms with van der Waals surface area (Å²) in [6.45, 7) is 2.23. The van der Waals surface area contributed by atoms with Crippen LogP contribution >= 0.6 is 23.2 Å². The van der Waals surface area contributed by atoms with Crippen molar-refractivity contribution in [3.05, 3.63) is 98.7 Å². The summed E-state index contributed by atoms with van der Waals surface area (Å²) in [5.41, 5.74) is 4.29. The SMILES string of the molecule is COc1nc(O[C@@H]2Cc3c4ccc[c]3[In]2[c]2cccc(c2Cl)C(=O)Nc2ccc(cn2)[C@@H]4CN2CCCCC2C(=O)O)c(Cl)cc1CNC[C@@H]1CCC(=O)N1. The Morgan fingerprint density at radius 2 is 1.91 bits per heavy atom. The average molecular weight is 888 g/mol. The predicted molar refractivity (Wildman–Crippen MR) is 211 cm³/mol. The van der Waals surface area contributed by atoms with Crippen molar-refractivity contribution in [2.24, 2.45) is 0 Å². The van der Waals surface area contributed by atoms with Crippen LogP contribution in [0.15, 0.2) is 60.8 Å². The molecule has 0 aliphatic carbocycles. The monoisotopic (exact) mass is 886 g/mol. The number of methoxy groups -OCH3 is 1. The molecule has 8 bridgehead atoms. The van der Waals surface area contributed by atoms with E-state index in [4.69, 9.17) is 37.7 Å². The van der Waals surface area contributed by atoms with E-state index in [1.807, 2.05) is 18.2 Å². The summed E-state index contributed by atoms with van der Waals surface area (Å²) in [5, 5.41) is 20.2. The predicted octanol–water partition coefficient (Wildman–Crippen LogP) is 3.95. The molecule has 4 atom stereocenters. The molecule has 2 fully saturated rings. The van der Waals surface area contributed by atoms with Gasteiger partial charge in [0.15, 0.2) is 0 Å². The summed E-state index contributed by atoms with van der Waals surface area (Å²) < 4.78 is 14.4. The van der Waals surface area contributed by atoms with Gasteiger partial charge in [0.2, 0.25) is 0 Å². The van der Waals surface area contributed by atoms with Crippen LogP contribution in [0.25, 0.3) is 0 Å². The maximum absolute atomic E-state index is 13.7. The molecule has 7 heterocycles. The minimum atomic E-state index is -3.41. The standard InChI is InChI=1S/C40H41Cl2N6O6.In/c1-53-38-27(21-43-23-28-14-16-36(49)45-28)20-33(42)39(47-38)54-19-17-25-8-2-3-9-29(25)31(24-48-18-7-6-12-34(48)40(51)52)26-13-15-35(44-22-26)46-37(50)30-10-4-5-11-32(30)41;/h2-5,9-10,13,15,19-20,22,28,31,34,43H,6-7,12,14,16-18,21,23-24H2,1H3,(H,45,49)(H,51,52)(H,44,46,50);/t28-,31-,34?;/m0./s1. The number of carbonyl (C=O) groups is 3. The molecule has 1 unspecified atom stereocenters. The van der Waals surface area contributed by atoms with E-state index in [2.05, 4.69) is 44.0 Å². The van der Waals surface area contributed by atoms with Crippen LogP contribution in [0.5, 0.6) is 11.8 Å². The Morgan fingerprint density at radius 1 is 1.07 bits per heavy atom. The van der Waals surface area contributed by atoms with Crippen LogP contribution in [-0.2, 0) is 22.6 Å². The Labute approximate surface area is 336 Å². The average Bonchev–Trinajstić information content (AvgIpc) is 3.77. The van der Waals surface area contributed by atoms with Gasteiger partial charge in [-0.15, -0.1) is 0 Å². The van der Waals surface area contributed by atoms with Crippen LogP contribution in [0.2, 0.25) is 10.0 Å². The fourth-order valence-corrected chi connectivity index (χ4v) is 20.1. The van der Waals surface area contributed by atoms with Crippen LogP contribution in [0.3, 0.4) is 0 Å². The van der Waals surface area contributed by atoms with Gasteiger partial charge in [0, 0.05) is 0 Å². The molecule has 0 spiro atoms. The van der Waals surface area contributed by atoms with Crippen molar-refractivity contribution >= 4 is 74.9 Å². The molecule has 5 aliphatic rings. The van der Waals surface area contributed by atoms with Crippen LogP contribution in [0, 0.1) is 0 Å². The molecule has 9 rings (SSSR count). The zero-order chi connectivity index (χ0) is 38.2. The second-order valence-electron chi connectivity index (χ2n) is 14.7. The van der Waals surface area contributed by atoms with Crippen LogP contribution in [-0.4, -0.2) is 102 Å². The third-order valence-corrected chi connectivity index (χ3v) is 22.5. The van der Waals surface area contributed by atoms with E-state index in [1.165, 1.54) is 3.32 Å². The molecule has 2 aromatic carbocycles. The summed E-state index contributed by atoms with van der Waals surface area (Å²) in [4.78, 5) is 49.3. The number of nitrogens with one attached hydrogen (secondary N) is 3. The third kappa shape index (κ3) is 7.78. The van der Waals surface area contributed by atoms with Gasteiger partial charge in [0.05, 0.1) is 0 Å². The molecule has 0 radical (unpaired) electrons. The fraction of sp³-hybridized carbons (Fsp3) is 0.375. The number of amides is 2. The van der Waals surface area contributed by atoms with E-state index in [-0.39, 0.29) is 33.5 Å². The van der Waals surface area contributed by atoms with Gasteiger partial charge in [-0.05, 0) is 0 Å². The number of aliphatic carboxylic acids is 1. The van der Waals surface area contributed by atoms with Crippen molar-refractivity contribution in [1.82, 2.24) is 25.5 Å². The molecular formula is C40H41Cl2InN6O6. The van der Waals surface area contributed by atoms with Crippen LogP contribution in [0.1, 0.15) is 70.6 Å². The number of fused-ring (bicyclic) bond motifs is 3. The van der Waals surface area contributed by atoms with E-state index in [1.54, 1.807) is 31.5 Å². The van der Waals surface area contributed by atoms with Crippen molar-refractivity contribution in [2.45, 2.75) is 66.9 Å². The Morgan fingerprint density at radius 3 is 2.67 bits per heavy atom. The first-order valence-electron chi connectivity index (χ1n) is 18.7. The van der Waals surface area contributed by atoms with E-state index < -0.39 is 33.4 Å². The molecule has 284 valence electrons. The number of carbonyl (C=O) groups excluding carboxylic acids is 2. The van der Waals surface area contributed by atoms with Crippen molar-refractivity contribution in [1.29, 1.82) is 0 Å². The van der Waals surface area contributed by atoms with Crippen molar-refractivity contribution < 1.29 is 29.0 Å². The number of piperidine rings is 1. The number of hydrogen-bond donors (Lipinski definition) is 4. The fourth-order valence-electron chi connectivity index (χ4n) is 8.65. The molecular weight excluding hydrogens is 846 g/mol. The Hall–Kier alpha value is -3.88. The summed E-state index contributed by atoms with van der Waals surface area (Å²) >= 11 is 10.7. The first kappa shape index (κ1) is 38.0. The summed E-state index contributed by atoms with van der Waals surface area (Å²) in [5.74, 6) is -0.268. The normalized spacial score (nSPS) is 21.9. The Bertz CT molecular complexity index is 2140. The van der Waals surface area contributed by atoms with Gasteiger partial charge < -0.3 is 0 Å².